The lowest BCUT2D eigenvalue weighted by molar-refractivity contribution is -0.148. The minimum Gasteiger partial charge on any atom is -0.481 e. The molecular weight excluding hydrogens is 736 g/mol. The number of aliphatic carboxylic acids is 1. The summed E-state index contributed by atoms with van der Waals surface area (Å²) in [7, 11) is 0. The molecule has 0 spiro atoms. The highest BCUT2D eigenvalue weighted by Gasteiger charge is 2.48. The molecule has 3 aliphatic carbocycles. The van der Waals surface area contributed by atoms with Gasteiger partial charge in [-0.3, -0.25) is 4.79 Å². The van der Waals surface area contributed by atoms with Gasteiger partial charge in [-0.25, -0.2) is 24.0 Å². The van der Waals surface area contributed by atoms with E-state index in [2.05, 4.69) is 41.7 Å². The number of hydrogen-bond donors (Lipinski definition) is 2. The molecule has 5 aromatic heterocycles. The number of carboxylic acids is 1. The molecule has 57 heavy (non-hydrogen) atoms. The average Bonchev–Trinajstić information content (AvgIpc) is 4.04. The molecule has 11 rings (SSSR count). The fourth-order valence-electron chi connectivity index (χ4n) is 9.24. The summed E-state index contributed by atoms with van der Waals surface area (Å²) in [5, 5.41) is 21.8. The highest BCUT2D eigenvalue weighted by atomic mass is 32.1. The summed E-state index contributed by atoms with van der Waals surface area (Å²) < 4.78 is 23.7. The van der Waals surface area contributed by atoms with Crippen LogP contribution < -0.4 is 5.32 Å². The third kappa shape index (κ3) is 6.01. The molecule has 2 bridgehead atoms. The predicted molar refractivity (Wildman–Crippen MR) is 218 cm³/mol. The zero-order valence-corrected chi connectivity index (χ0v) is 31.5. The molecular formula is C46H37FN6O3S. The van der Waals surface area contributed by atoms with Crippen LogP contribution in [0.25, 0.3) is 44.6 Å². The number of halogens is 1. The van der Waals surface area contributed by atoms with Crippen LogP contribution in [0.4, 0.5) is 10.2 Å². The number of nitrogens with one attached hydrogen (secondary N) is 1. The molecule has 3 aromatic carbocycles. The standard InChI is InChI=1S/C46H37FN6O3S/c47-33-25-34-42(52-53(44(34)48-27-33)46(30-11-4-1-5-12-30,31-13-6-2-7-14-31)32-15-8-3-9-16-32)43-49-35(36-22-23-37(56-36)38-17-10-24-57-38)26-39(51-43)50-41-29-20-18-28(19-21-29)40(41)45(54)55/h1-17,22-29,40-41H,18-21H2,(H,54,55)(H,49,50,51). The molecule has 0 saturated heterocycles. The van der Waals surface area contributed by atoms with Crippen molar-refractivity contribution in [3.63, 3.8) is 0 Å². The van der Waals surface area contributed by atoms with E-state index < -0.39 is 23.2 Å². The second kappa shape index (κ2) is 14.2. The number of carbonyl (C=O) groups is 1. The molecule has 3 fully saturated rings. The third-order valence-electron chi connectivity index (χ3n) is 11.8. The van der Waals surface area contributed by atoms with Crippen LogP contribution in [-0.4, -0.2) is 41.9 Å². The Labute approximate surface area is 331 Å². The maximum absolute atomic E-state index is 15.5. The van der Waals surface area contributed by atoms with Crippen LogP contribution in [0.2, 0.25) is 0 Å². The molecule has 2 N–H and O–H groups in total. The summed E-state index contributed by atoms with van der Waals surface area (Å²) in [6.45, 7) is 0. The summed E-state index contributed by atoms with van der Waals surface area (Å²) in [6.07, 6.45) is 4.94. The maximum atomic E-state index is 15.5. The third-order valence-corrected chi connectivity index (χ3v) is 12.6. The van der Waals surface area contributed by atoms with Gasteiger partial charge in [0.05, 0.1) is 22.4 Å². The number of hydrogen-bond acceptors (Lipinski definition) is 8. The molecule has 9 nitrogen and oxygen atoms in total. The van der Waals surface area contributed by atoms with Crippen molar-refractivity contribution in [2.45, 2.75) is 37.3 Å². The van der Waals surface area contributed by atoms with Gasteiger partial charge in [0.1, 0.15) is 34.3 Å². The van der Waals surface area contributed by atoms with Crippen molar-refractivity contribution in [2.75, 3.05) is 5.32 Å². The van der Waals surface area contributed by atoms with Crippen LogP contribution in [0.15, 0.2) is 143 Å². The average molecular weight is 773 g/mol. The normalized spacial score (nSPS) is 19.2. The Kier molecular flexibility index (Phi) is 8.74. The Bertz CT molecular complexity index is 2600. The Morgan fingerprint density at radius 3 is 2.04 bits per heavy atom. The first kappa shape index (κ1) is 35.0. The molecule has 0 radical (unpaired) electrons. The van der Waals surface area contributed by atoms with Gasteiger partial charge in [-0.05, 0) is 83.9 Å². The molecule has 282 valence electrons. The summed E-state index contributed by atoms with van der Waals surface area (Å²) in [6, 6.07) is 41.0. The predicted octanol–water partition coefficient (Wildman–Crippen LogP) is 10.2. The van der Waals surface area contributed by atoms with Crippen molar-refractivity contribution in [3.8, 4) is 33.6 Å². The topological polar surface area (TPSA) is 119 Å². The number of pyridine rings is 1. The van der Waals surface area contributed by atoms with Crippen molar-refractivity contribution in [2.24, 2.45) is 17.8 Å². The van der Waals surface area contributed by atoms with Crippen molar-refractivity contribution in [1.82, 2.24) is 24.7 Å². The maximum Gasteiger partial charge on any atom is 0.308 e. The minimum atomic E-state index is -1.06. The van der Waals surface area contributed by atoms with E-state index in [0.29, 0.717) is 39.8 Å². The first-order valence-corrected chi connectivity index (χ1v) is 20.1. The summed E-state index contributed by atoms with van der Waals surface area (Å²) in [5.74, 6) is 0.278. The Morgan fingerprint density at radius 1 is 0.789 bits per heavy atom. The molecule has 2 unspecified atom stereocenters. The van der Waals surface area contributed by atoms with Crippen molar-refractivity contribution < 1.29 is 18.7 Å². The van der Waals surface area contributed by atoms with Gasteiger partial charge in [-0.15, -0.1) is 11.3 Å². The Balaban J connectivity index is 1.22. The highest BCUT2D eigenvalue weighted by molar-refractivity contribution is 7.13. The van der Waals surface area contributed by atoms with E-state index in [1.807, 2.05) is 95.0 Å². The van der Waals surface area contributed by atoms with Gasteiger partial charge < -0.3 is 14.8 Å². The zero-order valence-electron chi connectivity index (χ0n) is 30.7. The van der Waals surface area contributed by atoms with Crippen molar-refractivity contribution >= 4 is 34.2 Å². The summed E-state index contributed by atoms with van der Waals surface area (Å²) >= 11 is 1.57. The van der Waals surface area contributed by atoms with Crippen molar-refractivity contribution in [1.29, 1.82) is 0 Å². The van der Waals surface area contributed by atoms with E-state index >= 15 is 4.39 Å². The number of benzene rings is 3. The van der Waals surface area contributed by atoms with E-state index in [4.69, 9.17) is 24.5 Å². The zero-order chi connectivity index (χ0) is 38.5. The van der Waals surface area contributed by atoms with Gasteiger partial charge in [0.25, 0.3) is 0 Å². The largest absolute Gasteiger partial charge is 0.481 e. The lowest BCUT2D eigenvalue weighted by atomic mass is 9.61. The monoisotopic (exact) mass is 772 g/mol. The van der Waals surface area contributed by atoms with Crippen LogP contribution in [0.1, 0.15) is 42.4 Å². The number of carboxylic acid groups (broad SMARTS) is 1. The van der Waals surface area contributed by atoms with Gasteiger partial charge in [0.15, 0.2) is 17.2 Å². The Hall–Kier alpha value is -6.46. The smallest absolute Gasteiger partial charge is 0.308 e. The molecule has 0 amide bonds. The SMILES string of the molecule is O=C(O)C1C2CCC(CC2)C1Nc1cc(-c2ccc(-c3cccs3)o2)nc(-c2nn(C(c3ccccc3)(c3ccccc3)c3ccccc3)c3ncc(F)cc23)n1. The Morgan fingerprint density at radius 2 is 1.42 bits per heavy atom. The van der Waals surface area contributed by atoms with Crippen LogP contribution in [0, 0.1) is 23.6 Å². The lowest BCUT2D eigenvalue weighted by Crippen LogP contribution is -2.51. The lowest BCUT2D eigenvalue weighted by Gasteiger charge is -2.47. The molecule has 3 saturated carbocycles. The van der Waals surface area contributed by atoms with E-state index in [-0.39, 0.29) is 23.7 Å². The summed E-state index contributed by atoms with van der Waals surface area (Å²) in [5.41, 5.74) is 2.93. The molecule has 5 heterocycles. The van der Waals surface area contributed by atoms with Crippen LogP contribution in [0.5, 0.6) is 0 Å². The van der Waals surface area contributed by atoms with Gasteiger partial charge in [-0.1, -0.05) is 97.1 Å². The number of aromatic nitrogens is 5. The van der Waals surface area contributed by atoms with E-state index in [1.54, 1.807) is 11.3 Å². The summed E-state index contributed by atoms with van der Waals surface area (Å²) in [4.78, 5) is 28.6. The first-order chi connectivity index (χ1) is 28.0. The minimum absolute atomic E-state index is 0.0972. The molecule has 11 heteroatoms. The number of fused-ring (bicyclic) bond motifs is 4. The van der Waals surface area contributed by atoms with Gasteiger partial charge >= 0.3 is 5.97 Å². The van der Waals surface area contributed by atoms with Gasteiger partial charge in [0.2, 0.25) is 0 Å². The number of thiophene rings is 1. The highest BCUT2D eigenvalue weighted by Crippen LogP contribution is 2.47. The number of nitrogens with zero attached hydrogens (tertiary/aromatic N) is 5. The van der Waals surface area contributed by atoms with Gasteiger partial charge in [0, 0.05) is 12.1 Å². The second-order valence-corrected chi connectivity index (χ2v) is 15.9. The molecule has 8 aromatic rings. The van der Waals surface area contributed by atoms with Crippen LogP contribution in [0.3, 0.4) is 0 Å². The van der Waals surface area contributed by atoms with E-state index in [0.717, 1.165) is 47.3 Å². The fraction of sp³-hybridized carbons (Fsp3) is 0.196. The molecule has 0 aliphatic heterocycles. The van der Waals surface area contributed by atoms with Crippen molar-refractivity contribution in [3.05, 3.63) is 161 Å². The van der Waals surface area contributed by atoms with Crippen LogP contribution >= 0.6 is 11.3 Å². The number of furan rings is 1. The number of anilines is 1. The number of rotatable bonds is 10. The van der Waals surface area contributed by atoms with Gasteiger partial charge in [-0.2, -0.15) is 5.10 Å². The second-order valence-electron chi connectivity index (χ2n) is 14.9. The fourth-order valence-corrected chi connectivity index (χ4v) is 9.93. The van der Waals surface area contributed by atoms with E-state index in [1.165, 1.54) is 12.3 Å². The first-order valence-electron chi connectivity index (χ1n) is 19.2. The van der Waals surface area contributed by atoms with E-state index in [9.17, 15) is 9.90 Å². The van der Waals surface area contributed by atoms with Crippen LogP contribution in [-0.2, 0) is 10.3 Å². The quantitative estimate of drug-likeness (QED) is 0.132. The molecule has 2 atom stereocenters. The molecule has 3 aliphatic rings.